The minimum absolute atomic E-state index is 0.998. The minimum Gasteiger partial charge on any atom is -0.388 e. The highest BCUT2D eigenvalue weighted by atomic mass is 16.7. The third-order valence-electron chi connectivity index (χ3n) is 1.79. The van der Waals surface area contributed by atoms with E-state index in [1.54, 1.807) is 0 Å². The summed E-state index contributed by atoms with van der Waals surface area (Å²) in [5, 5.41) is 18.6. The molecule has 5 heteroatoms. The summed E-state index contributed by atoms with van der Waals surface area (Å²) in [5.74, 6) is -1.52. The smallest absolute Gasteiger partial charge is 0.246 e. The van der Waals surface area contributed by atoms with Gasteiger partial charge in [-0.15, -0.1) is 0 Å². The summed E-state index contributed by atoms with van der Waals surface area (Å²) in [6, 6.07) is 0. The Morgan fingerprint density at radius 2 is 1.50 bits per heavy atom. The van der Waals surface area contributed by atoms with Gasteiger partial charge in [-0.05, 0) is 6.92 Å². The second-order valence-corrected chi connectivity index (χ2v) is 2.39. The van der Waals surface area contributed by atoms with Gasteiger partial charge in [0.05, 0.1) is 0 Å². The van der Waals surface area contributed by atoms with E-state index in [0.717, 1.165) is 0 Å². The van der Waals surface area contributed by atoms with Crippen LogP contribution in [0.1, 0.15) is 6.92 Å². The molecule has 2 atom stereocenters. The second kappa shape index (κ2) is 4.74. The molecule has 0 aliphatic carbocycles. The molecule has 0 bridgehead atoms. The van der Waals surface area contributed by atoms with E-state index in [0.29, 0.717) is 0 Å². The van der Waals surface area contributed by atoms with Crippen molar-refractivity contribution in [3.05, 3.63) is 0 Å². The number of rotatable bonds is 5. The lowest BCUT2D eigenvalue weighted by molar-refractivity contribution is -0.349. The summed E-state index contributed by atoms with van der Waals surface area (Å²) < 4.78 is 14.3. The summed E-state index contributed by atoms with van der Waals surface area (Å²) >= 11 is 0. The van der Waals surface area contributed by atoms with E-state index >= 15 is 0 Å². The van der Waals surface area contributed by atoms with Crippen LogP contribution in [0.4, 0.5) is 0 Å². The van der Waals surface area contributed by atoms with Crippen molar-refractivity contribution in [1.29, 1.82) is 0 Å². The van der Waals surface area contributed by atoms with E-state index in [9.17, 15) is 10.2 Å². The molecule has 0 saturated carbocycles. The van der Waals surface area contributed by atoms with Crippen LogP contribution >= 0.6 is 0 Å². The van der Waals surface area contributed by atoms with Gasteiger partial charge in [0, 0.05) is 21.3 Å². The van der Waals surface area contributed by atoms with Gasteiger partial charge in [0.25, 0.3) is 0 Å². The van der Waals surface area contributed by atoms with E-state index in [1.807, 2.05) is 0 Å². The zero-order valence-electron chi connectivity index (χ0n) is 7.77. The SMILES string of the molecule is COC(O)C(OC)(OC)C(C)O. The third-order valence-corrected chi connectivity index (χ3v) is 1.79. The monoisotopic (exact) mass is 180 g/mol. The van der Waals surface area contributed by atoms with Crippen molar-refractivity contribution in [3.8, 4) is 0 Å². The summed E-state index contributed by atoms with van der Waals surface area (Å²) in [7, 11) is 3.93. The standard InChI is InChI=1S/C7H16O5/c1-5(8)7(11-3,12-4)6(9)10-2/h5-6,8-9H,1-4H3. The van der Waals surface area contributed by atoms with Gasteiger partial charge in [-0.1, -0.05) is 0 Å². The number of aliphatic hydroxyl groups excluding tert-OH is 2. The van der Waals surface area contributed by atoms with Crippen molar-refractivity contribution in [3.63, 3.8) is 0 Å². The fraction of sp³-hybridized carbons (Fsp3) is 1.00. The molecule has 0 amide bonds. The first-order valence-corrected chi connectivity index (χ1v) is 3.54. The zero-order chi connectivity index (χ0) is 9.78. The van der Waals surface area contributed by atoms with Gasteiger partial charge >= 0.3 is 0 Å². The average Bonchev–Trinajstić information content (AvgIpc) is 2.06. The van der Waals surface area contributed by atoms with Gasteiger partial charge in [0.1, 0.15) is 6.10 Å². The van der Waals surface area contributed by atoms with Crippen LogP contribution in [0.15, 0.2) is 0 Å². The molecule has 0 fully saturated rings. The maximum Gasteiger partial charge on any atom is 0.246 e. The second-order valence-electron chi connectivity index (χ2n) is 2.39. The molecular formula is C7H16O5. The number of hydrogen-bond acceptors (Lipinski definition) is 5. The Labute approximate surface area is 71.9 Å². The molecule has 0 aromatic rings. The van der Waals surface area contributed by atoms with Crippen molar-refractivity contribution in [2.24, 2.45) is 0 Å². The van der Waals surface area contributed by atoms with Crippen molar-refractivity contribution in [2.75, 3.05) is 21.3 Å². The molecule has 2 unspecified atom stereocenters. The molecule has 0 rings (SSSR count). The fourth-order valence-electron chi connectivity index (χ4n) is 0.997. The summed E-state index contributed by atoms with van der Waals surface area (Å²) in [5.41, 5.74) is 0. The predicted molar refractivity (Wildman–Crippen MR) is 41.4 cm³/mol. The normalized spacial score (nSPS) is 17.5. The molecule has 0 spiro atoms. The van der Waals surface area contributed by atoms with Crippen molar-refractivity contribution in [2.45, 2.75) is 25.1 Å². The summed E-state index contributed by atoms with van der Waals surface area (Å²) in [6.45, 7) is 1.44. The Kier molecular flexibility index (Phi) is 4.66. The van der Waals surface area contributed by atoms with Crippen molar-refractivity contribution < 1.29 is 24.4 Å². The van der Waals surface area contributed by atoms with Crippen LogP contribution in [-0.2, 0) is 14.2 Å². The van der Waals surface area contributed by atoms with Gasteiger partial charge in [-0.2, -0.15) is 0 Å². The van der Waals surface area contributed by atoms with Gasteiger partial charge in [0.2, 0.25) is 12.1 Å². The van der Waals surface area contributed by atoms with E-state index in [2.05, 4.69) is 4.74 Å². The fourth-order valence-corrected chi connectivity index (χ4v) is 0.997. The molecule has 0 aliphatic rings. The lowest BCUT2D eigenvalue weighted by atomic mass is 10.1. The summed E-state index contributed by atoms with van der Waals surface area (Å²) in [6.07, 6.45) is -2.32. The first kappa shape index (κ1) is 11.8. The van der Waals surface area contributed by atoms with Crippen molar-refractivity contribution in [1.82, 2.24) is 0 Å². The predicted octanol–water partition coefficient (Wildman–Crippen LogP) is -0.679. The molecule has 2 N–H and O–H groups in total. The topological polar surface area (TPSA) is 68.2 Å². The Hall–Kier alpha value is -0.200. The molecule has 12 heavy (non-hydrogen) atoms. The van der Waals surface area contributed by atoms with E-state index in [-0.39, 0.29) is 0 Å². The largest absolute Gasteiger partial charge is 0.388 e. The zero-order valence-corrected chi connectivity index (χ0v) is 7.77. The number of hydrogen-bond donors (Lipinski definition) is 2. The first-order chi connectivity index (χ1) is 5.55. The molecule has 0 aliphatic heterocycles. The van der Waals surface area contributed by atoms with Crippen LogP contribution in [0.5, 0.6) is 0 Å². The highest BCUT2D eigenvalue weighted by molar-refractivity contribution is 4.78. The lowest BCUT2D eigenvalue weighted by Gasteiger charge is -2.36. The van der Waals surface area contributed by atoms with Gasteiger partial charge in [-0.25, -0.2) is 0 Å². The molecule has 0 aromatic heterocycles. The molecule has 0 aromatic carbocycles. The average molecular weight is 180 g/mol. The molecular weight excluding hydrogens is 164 g/mol. The minimum atomic E-state index is -1.52. The van der Waals surface area contributed by atoms with Gasteiger partial charge in [-0.3, -0.25) is 0 Å². The highest BCUT2D eigenvalue weighted by Gasteiger charge is 2.44. The quantitative estimate of drug-likeness (QED) is 0.549. The maximum absolute atomic E-state index is 9.31. The summed E-state index contributed by atoms with van der Waals surface area (Å²) in [4.78, 5) is 0. The Balaban J connectivity index is 4.56. The van der Waals surface area contributed by atoms with Crippen LogP contribution in [0.3, 0.4) is 0 Å². The van der Waals surface area contributed by atoms with Crippen LogP contribution in [-0.4, -0.2) is 49.7 Å². The molecule has 5 nitrogen and oxygen atoms in total. The molecule has 0 saturated heterocycles. The van der Waals surface area contributed by atoms with Gasteiger partial charge < -0.3 is 24.4 Å². The number of methoxy groups -OCH3 is 3. The number of aliphatic hydroxyl groups is 2. The van der Waals surface area contributed by atoms with E-state index in [4.69, 9.17) is 9.47 Å². The third kappa shape index (κ3) is 1.94. The van der Waals surface area contributed by atoms with Crippen LogP contribution in [0.25, 0.3) is 0 Å². The Bertz CT molecular complexity index is 121. The van der Waals surface area contributed by atoms with Crippen molar-refractivity contribution >= 4 is 0 Å². The highest BCUT2D eigenvalue weighted by Crippen LogP contribution is 2.21. The van der Waals surface area contributed by atoms with Crippen LogP contribution < -0.4 is 0 Å². The molecule has 0 heterocycles. The molecule has 0 radical (unpaired) electrons. The first-order valence-electron chi connectivity index (χ1n) is 3.54. The molecule has 74 valence electrons. The van der Waals surface area contributed by atoms with Crippen LogP contribution in [0, 0.1) is 0 Å². The van der Waals surface area contributed by atoms with Crippen LogP contribution in [0.2, 0.25) is 0 Å². The lowest BCUT2D eigenvalue weighted by Crippen LogP contribution is -2.54. The van der Waals surface area contributed by atoms with Gasteiger partial charge in [0.15, 0.2) is 0 Å². The Morgan fingerprint density at radius 1 is 1.08 bits per heavy atom. The van der Waals surface area contributed by atoms with E-state index in [1.165, 1.54) is 28.3 Å². The van der Waals surface area contributed by atoms with E-state index < -0.39 is 18.2 Å². The number of ether oxygens (including phenoxy) is 3. The Morgan fingerprint density at radius 3 is 1.58 bits per heavy atom. The maximum atomic E-state index is 9.31.